The molecule has 1 saturated carbocycles. The van der Waals surface area contributed by atoms with Gasteiger partial charge in [0.15, 0.2) is 0 Å². The van der Waals surface area contributed by atoms with Gasteiger partial charge in [-0.15, -0.1) is 0 Å². The highest BCUT2D eigenvalue weighted by atomic mass is 16.2. The van der Waals surface area contributed by atoms with E-state index in [1.165, 1.54) is 6.42 Å². The quantitative estimate of drug-likeness (QED) is 0.821. The molecule has 1 aliphatic carbocycles. The van der Waals surface area contributed by atoms with E-state index in [1.807, 2.05) is 0 Å². The fourth-order valence-electron chi connectivity index (χ4n) is 3.86. The Hall–Kier alpha value is -0.570. The van der Waals surface area contributed by atoms with Gasteiger partial charge in [0.25, 0.3) is 0 Å². The van der Waals surface area contributed by atoms with E-state index in [1.54, 1.807) is 0 Å². The van der Waals surface area contributed by atoms with Crippen molar-refractivity contribution in [1.82, 2.24) is 10.6 Å². The summed E-state index contributed by atoms with van der Waals surface area (Å²) in [6.07, 6.45) is 6.70. The summed E-state index contributed by atoms with van der Waals surface area (Å²) in [5.41, 5.74) is -0.140. The van der Waals surface area contributed by atoms with E-state index in [0.29, 0.717) is 17.9 Å². The molecule has 1 aliphatic heterocycles. The molecule has 1 saturated heterocycles. The predicted molar refractivity (Wildman–Crippen MR) is 78.9 cm³/mol. The lowest BCUT2D eigenvalue weighted by molar-refractivity contribution is -0.133. The summed E-state index contributed by atoms with van der Waals surface area (Å²) < 4.78 is 0. The van der Waals surface area contributed by atoms with Crippen LogP contribution in [0.2, 0.25) is 0 Å². The van der Waals surface area contributed by atoms with E-state index in [-0.39, 0.29) is 5.41 Å². The van der Waals surface area contributed by atoms with Crippen molar-refractivity contribution in [2.75, 3.05) is 13.1 Å². The third-order valence-corrected chi connectivity index (χ3v) is 5.46. The highest BCUT2D eigenvalue weighted by Crippen LogP contribution is 2.35. The van der Waals surface area contributed by atoms with Gasteiger partial charge >= 0.3 is 0 Å². The molecule has 2 rings (SSSR count). The zero-order valence-corrected chi connectivity index (χ0v) is 12.8. The van der Waals surface area contributed by atoms with Crippen LogP contribution in [-0.2, 0) is 4.79 Å². The molecule has 19 heavy (non-hydrogen) atoms. The van der Waals surface area contributed by atoms with Gasteiger partial charge in [0.05, 0.1) is 5.41 Å². The number of rotatable bonds is 4. The maximum Gasteiger partial charge on any atom is 0.227 e. The number of nitrogens with one attached hydrogen (secondary N) is 2. The maximum atomic E-state index is 12.8. The smallest absolute Gasteiger partial charge is 0.227 e. The molecule has 1 heterocycles. The lowest BCUT2D eigenvalue weighted by Gasteiger charge is -2.37. The van der Waals surface area contributed by atoms with Crippen LogP contribution in [0.4, 0.5) is 0 Å². The monoisotopic (exact) mass is 266 g/mol. The fraction of sp³-hybridized carbons (Fsp3) is 0.938. The number of carbonyl (C=O) groups excluding carboxylic acids is 1. The van der Waals surface area contributed by atoms with Crippen LogP contribution in [0.5, 0.6) is 0 Å². The van der Waals surface area contributed by atoms with Crippen molar-refractivity contribution in [3.05, 3.63) is 0 Å². The molecule has 110 valence electrons. The van der Waals surface area contributed by atoms with Crippen LogP contribution in [-0.4, -0.2) is 25.0 Å². The third-order valence-electron chi connectivity index (χ3n) is 5.46. The summed E-state index contributed by atoms with van der Waals surface area (Å²) in [7, 11) is 0. The topological polar surface area (TPSA) is 41.1 Å². The minimum atomic E-state index is -0.140. The Balaban J connectivity index is 1.99. The highest BCUT2D eigenvalue weighted by molar-refractivity contribution is 5.83. The number of hydrogen-bond donors (Lipinski definition) is 2. The second kappa shape index (κ2) is 6.25. The van der Waals surface area contributed by atoms with Crippen LogP contribution in [0, 0.1) is 17.3 Å². The SMILES string of the molecule is CCCC1(C(=O)NC2CCC(C)C2C)CCCNC1. The molecule has 4 unspecified atom stereocenters. The molecule has 3 nitrogen and oxygen atoms in total. The summed E-state index contributed by atoms with van der Waals surface area (Å²) >= 11 is 0. The van der Waals surface area contributed by atoms with Crippen LogP contribution < -0.4 is 10.6 Å². The minimum Gasteiger partial charge on any atom is -0.353 e. The molecule has 0 aromatic rings. The van der Waals surface area contributed by atoms with Crippen LogP contribution in [0.25, 0.3) is 0 Å². The first-order chi connectivity index (χ1) is 9.09. The van der Waals surface area contributed by atoms with Crippen molar-refractivity contribution < 1.29 is 4.79 Å². The summed E-state index contributed by atoms with van der Waals surface area (Å²) in [5, 5.41) is 6.80. The lowest BCUT2D eigenvalue weighted by atomic mass is 9.76. The zero-order valence-electron chi connectivity index (χ0n) is 12.8. The number of carbonyl (C=O) groups is 1. The molecule has 2 N–H and O–H groups in total. The third kappa shape index (κ3) is 3.13. The summed E-state index contributed by atoms with van der Waals surface area (Å²) in [6, 6.07) is 0.401. The first-order valence-corrected chi connectivity index (χ1v) is 8.11. The van der Waals surface area contributed by atoms with E-state index in [9.17, 15) is 4.79 Å². The van der Waals surface area contributed by atoms with Crippen molar-refractivity contribution >= 4 is 5.91 Å². The number of amides is 1. The van der Waals surface area contributed by atoms with Gasteiger partial charge in [-0.05, 0) is 50.5 Å². The molecule has 0 radical (unpaired) electrons. The van der Waals surface area contributed by atoms with E-state index >= 15 is 0 Å². The van der Waals surface area contributed by atoms with E-state index in [0.717, 1.165) is 51.1 Å². The van der Waals surface area contributed by atoms with Crippen molar-refractivity contribution in [2.24, 2.45) is 17.3 Å². The van der Waals surface area contributed by atoms with Gasteiger partial charge in [0, 0.05) is 12.6 Å². The molecular weight excluding hydrogens is 236 g/mol. The van der Waals surface area contributed by atoms with E-state index in [2.05, 4.69) is 31.4 Å². The highest BCUT2D eigenvalue weighted by Gasteiger charge is 2.41. The predicted octanol–water partition coefficient (Wildman–Crippen LogP) is 2.71. The van der Waals surface area contributed by atoms with Crippen LogP contribution >= 0.6 is 0 Å². The molecule has 0 aromatic carbocycles. The largest absolute Gasteiger partial charge is 0.353 e. The van der Waals surface area contributed by atoms with Crippen LogP contribution in [0.15, 0.2) is 0 Å². The first kappa shape index (κ1) is 14.8. The van der Waals surface area contributed by atoms with Crippen molar-refractivity contribution in [3.63, 3.8) is 0 Å². The van der Waals surface area contributed by atoms with Gasteiger partial charge in [0.1, 0.15) is 0 Å². The Bertz CT molecular complexity index is 304. The summed E-state index contributed by atoms with van der Waals surface area (Å²) in [4.78, 5) is 12.8. The molecule has 4 atom stereocenters. The molecule has 3 heteroatoms. The second-order valence-corrected chi connectivity index (χ2v) is 6.80. The molecule has 2 aliphatic rings. The van der Waals surface area contributed by atoms with Crippen molar-refractivity contribution in [1.29, 1.82) is 0 Å². The number of hydrogen-bond acceptors (Lipinski definition) is 2. The minimum absolute atomic E-state index is 0.140. The average molecular weight is 266 g/mol. The van der Waals surface area contributed by atoms with Gasteiger partial charge in [-0.2, -0.15) is 0 Å². The molecule has 0 bridgehead atoms. The molecule has 0 spiro atoms. The Labute approximate surface area is 117 Å². The molecule has 1 amide bonds. The Morgan fingerprint density at radius 1 is 1.37 bits per heavy atom. The van der Waals surface area contributed by atoms with Crippen LogP contribution in [0.3, 0.4) is 0 Å². The van der Waals surface area contributed by atoms with Gasteiger partial charge in [-0.25, -0.2) is 0 Å². The molecule has 0 aromatic heterocycles. The first-order valence-electron chi connectivity index (χ1n) is 8.11. The van der Waals surface area contributed by atoms with Gasteiger partial charge in [-0.3, -0.25) is 4.79 Å². The zero-order chi connectivity index (χ0) is 13.9. The summed E-state index contributed by atoms with van der Waals surface area (Å²) in [5.74, 6) is 1.68. The van der Waals surface area contributed by atoms with Gasteiger partial charge in [0.2, 0.25) is 5.91 Å². The van der Waals surface area contributed by atoms with Crippen LogP contribution in [0.1, 0.15) is 59.3 Å². The fourth-order valence-corrected chi connectivity index (χ4v) is 3.86. The average Bonchev–Trinajstić information content (AvgIpc) is 2.72. The second-order valence-electron chi connectivity index (χ2n) is 6.80. The summed E-state index contributed by atoms with van der Waals surface area (Å²) in [6.45, 7) is 8.71. The van der Waals surface area contributed by atoms with E-state index in [4.69, 9.17) is 0 Å². The van der Waals surface area contributed by atoms with Gasteiger partial charge < -0.3 is 10.6 Å². The van der Waals surface area contributed by atoms with Crippen molar-refractivity contribution in [3.8, 4) is 0 Å². The van der Waals surface area contributed by atoms with Crippen molar-refractivity contribution in [2.45, 2.75) is 65.3 Å². The van der Waals surface area contributed by atoms with Gasteiger partial charge in [-0.1, -0.05) is 27.2 Å². The normalized spacial score (nSPS) is 39.2. The Morgan fingerprint density at radius 3 is 2.68 bits per heavy atom. The lowest BCUT2D eigenvalue weighted by Crippen LogP contribution is -2.53. The molecular formula is C16H30N2O. The Kier molecular flexibility index (Phi) is 4.88. The maximum absolute atomic E-state index is 12.8. The Morgan fingerprint density at radius 2 is 2.16 bits per heavy atom. The standard InChI is InChI=1S/C16H30N2O/c1-4-8-16(9-5-10-17-11-16)15(19)18-14-7-6-12(2)13(14)3/h12-14,17H,4-11H2,1-3H3,(H,18,19). The van der Waals surface area contributed by atoms with E-state index < -0.39 is 0 Å². The molecule has 2 fully saturated rings. The number of piperidine rings is 1.